The minimum absolute atomic E-state index is 0.523. The standard InChI is InChI=1S/C7H18NO2P/c1-4-5-6-8-7(2,3)11(9)10/h8-10H,4-6H2,1-3H3. The molecule has 3 nitrogen and oxygen atoms in total. The summed E-state index contributed by atoms with van der Waals surface area (Å²) in [6.45, 7) is 6.56. The zero-order valence-corrected chi connectivity index (χ0v) is 8.36. The van der Waals surface area contributed by atoms with E-state index < -0.39 is 13.7 Å². The van der Waals surface area contributed by atoms with Crippen molar-refractivity contribution < 1.29 is 9.79 Å². The molecular formula is C7H18NO2P. The fraction of sp³-hybridized carbons (Fsp3) is 1.00. The number of rotatable bonds is 5. The summed E-state index contributed by atoms with van der Waals surface area (Å²) in [6.07, 6.45) is 2.20. The Balaban J connectivity index is 3.55. The summed E-state index contributed by atoms with van der Waals surface area (Å²) >= 11 is 0. The lowest BCUT2D eigenvalue weighted by Crippen LogP contribution is -2.37. The summed E-state index contributed by atoms with van der Waals surface area (Å²) < 4.78 is 0. The second-order valence-corrected chi connectivity index (χ2v) is 4.83. The zero-order chi connectivity index (χ0) is 8.91. The van der Waals surface area contributed by atoms with Gasteiger partial charge in [-0.1, -0.05) is 13.3 Å². The van der Waals surface area contributed by atoms with Gasteiger partial charge in [-0.25, -0.2) is 0 Å². The highest BCUT2D eigenvalue weighted by atomic mass is 31.2. The van der Waals surface area contributed by atoms with E-state index in [4.69, 9.17) is 9.79 Å². The van der Waals surface area contributed by atoms with Crippen LogP contribution in [0.2, 0.25) is 0 Å². The van der Waals surface area contributed by atoms with Crippen molar-refractivity contribution >= 4 is 8.38 Å². The molecular weight excluding hydrogens is 161 g/mol. The van der Waals surface area contributed by atoms with E-state index in [2.05, 4.69) is 12.2 Å². The Morgan fingerprint density at radius 2 is 1.91 bits per heavy atom. The van der Waals surface area contributed by atoms with Gasteiger partial charge in [0.1, 0.15) is 0 Å². The molecule has 0 unspecified atom stereocenters. The minimum Gasteiger partial charge on any atom is -0.349 e. The Labute approximate surface area is 69.7 Å². The molecule has 0 spiro atoms. The summed E-state index contributed by atoms with van der Waals surface area (Å²) in [5.74, 6) is 0. The molecule has 0 heterocycles. The van der Waals surface area contributed by atoms with Gasteiger partial charge >= 0.3 is 0 Å². The van der Waals surface area contributed by atoms with Gasteiger partial charge in [0.2, 0.25) is 0 Å². The van der Waals surface area contributed by atoms with Crippen LogP contribution in [-0.2, 0) is 0 Å². The first-order chi connectivity index (χ1) is 5.00. The molecule has 0 amide bonds. The third kappa shape index (κ3) is 4.70. The molecule has 0 aliphatic heterocycles. The zero-order valence-electron chi connectivity index (χ0n) is 7.46. The first-order valence-electron chi connectivity index (χ1n) is 3.93. The normalized spacial score (nSPS) is 12.5. The maximum Gasteiger partial charge on any atom is 0.186 e. The van der Waals surface area contributed by atoms with E-state index in [-0.39, 0.29) is 0 Å². The summed E-state index contributed by atoms with van der Waals surface area (Å²) in [7, 11) is -1.87. The maximum atomic E-state index is 8.94. The van der Waals surface area contributed by atoms with Crippen molar-refractivity contribution in [3.05, 3.63) is 0 Å². The van der Waals surface area contributed by atoms with E-state index >= 15 is 0 Å². The monoisotopic (exact) mass is 179 g/mol. The summed E-state index contributed by atoms with van der Waals surface area (Å²) in [5.41, 5.74) is 0. The van der Waals surface area contributed by atoms with Gasteiger partial charge in [0.05, 0.1) is 5.28 Å². The van der Waals surface area contributed by atoms with Gasteiger partial charge in [-0.15, -0.1) is 0 Å². The van der Waals surface area contributed by atoms with E-state index in [0.717, 1.165) is 19.4 Å². The summed E-state index contributed by atoms with van der Waals surface area (Å²) in [4.78, 5) is 17.9. The van der Waals surface area contributed by atoms with Gasteiger partial charge < -0.3 is 15.1 Å². The van der Waals surface area contributed by atoms with E-state index in [1.54, 1.807) is 13.8 Å². The highest BCUT2D eigenvalue weighted by Crippen LogP contribution is 2.38. The number of nitrogens with one attached hydrogen (secondary N) is 1. The van der Waals surface area contributed by atoms with Gasteiger partial charge in [-0.05, 0) is 26.8 Å². The van der Waals surface area contributed by atoms with E-state index in [0.29, 0.717) is 0 Å². The number of unbranched alkanes of at least 4 members (excludes halogenated alkanes) is 1. The molecule has 3 N–H and O–H groups in total. The molecule has 0 aromatic rings. The average molecular weight is 179 g/mol. The molecule has 0 bridgehead atoms. The fourth-order valence-corrected chi connectivity index (χ4v) is 0.895. The van der Waals surface area contributed by atoms with E-state index in [1.165, 1.54) is 0 Å². The van der Waals surface area contributed by atoms with Crippen LogP contribution in [0.3, 0.4) is 0 Å². The molecule has 0 aromatic heterocycles. The topological polar surface area (TPSA) is 52.5 Å². The molecule has 11 heavy (non-hydrogen) atoms. The summed E-state index contributed by atoms with van der Waals surface area (Å²) in [6, 6.07) is 0. The molecule has 0 aliphatic rings. The molecule has 0 saturated heterocycles. The summed E-state index contributed by atoms with van der Waals surface area (Å²) in [5, 5.41) is 2.56. The Morgan fingerprint density at radius 1 is 1.36 bits per heavy atom. The molecule has 68 valence electrons. The number of hydrogen-bond donors (Lipinski definition) is 3. The van der Waals surface area contributed by atoms with Crippen molar-refractivity contribution in [2.24, 2.45) is 0 Å². The SMILES string of the molecule is CCCCNC(C)(C)P(O)O. The van der Waals surface area contributed by atoms with Gasteiger partial charge in [0, 0.05) is 0 Å². The van der Waals surface area contributed by atoms with E-state index in [9.17, 15) is 0 Å². The van der Waals surface area contributed by atoms with Crippen LogP contribution in [0.1, 0.15) is 33.6 Å². The van der Waals surface area contributed by atoms with Crippen molar-refractivity contribution in [3.63, 3.8) is 0 Å². The first kappa shape index (κ1) is 11.3. The second-order valence-electron chi connectivity index (χ2n) is 3.13. The van der Waals surface area contributed by atoms with Crippen LogP contribution < -0.4 is 5.32 Å². The Bertz CT molecular complexity index is 107. The van der Waals surface area contributed by atoms with Gasteiger partial charge in [-0.2, -0.15) is 0 Å². The highest BCUT2D eigenvalue weighted by Gasteiger charge is 2.25. The molecule has 0 rings (SSSR count). The Hall–Kier alpha value is 0.310. The van der Waals surface area contributed by atoms with Crippen molar-refractivity contribution in [2.45, 2.75) is 38.9 Å². The van der Waals surface area contributed by atoms with Gasteiger partial charge in [0.25, 0.3) is 0 Å². The maximum absolute atomic E-state index is 8.94. The van der Waals surface area contributed by atoms with Crippen molar-refractivity contribution in [1.29, 1.82) is 0 Å². The molecule has 0 saturated carbocycles. The van der Waals surface area contributed by atoms with Crippen LogP contribution in [0.5, 0.6) is 0 Å². The van der Waals surface area contributed by atoms with Crippen molar-refractivity contribution in [2.75, 3.05) is 6.54 Å². The average Bonchev–Trinajstić information content (AvgIpc) is 1.88. The highest BCUT2D eigenvalue weighted by molar-refractivity contribution is 7.46. The quantitative estimate of drug-likeness (QED) is 0.442. The second kappa shape index (κ2) is 5.04. The fourth-order valence-electron chi connectivity index (χ4n) is 0.642. The molecule has 0 radical (unpaired) electrons. The molecule has 0 aromatic carbocycles. The van der Waals surface area contributed by atoms with Crippen LogP contribution in [0.4, 0.5) is 0 Å². The van der Waals surface area contributed by atoms with Crippen molar-refractivity contribution in [1.82, 2.24) is 5.32 Å². The molecule has 0 atom stereocenters. The Morgan fingerprint density at radius 3 is 2.27 bits per heavy atom. The smallest absolute Gasteiger partial charge is 0.186 e. The minimum atomic E-state index is -1.87. The van der Waals surface area contributed by atoms with Crippen LogP contribution in [0, 0.1) is 0 Å². The third-order valence-electron chi connectivity index (χ3n) is 1.59. The molecule has 4 heteroatoms. The molecule has 0 fully saturated rings. The Kier molecular flexibility index (Phi) is 5.19. The van der Waals surface area contributed by atoms with Crippen LogP contribution >= 0.6 is 8.38 Å². The van der Waals surface area contributed by atoms with Crippen LogP contribution in [-0.4, -0.2) is 21.6 Å². The van der Waals surface area contributed by atoms with Crippen LogP contribution in [0.15, 0.2) is 0 Å². The van der Waals surface area contributed by atoms with E-state index in [1.807, 2.05) is 0 Å². The lowest BCUT2D eigenvalue weighted by Gasteiger charge is -2.26. The lowest BCUT2D eigenvalue weighted by atomic mass is 10.3. The third-order valence-corrected chi connectivity index (χ3v) is 2.75. The van der Waals surface area contributed by atoms with Gasteiger partial charge in [0.15, 0.2) is 8.38 Å². The van der Waals surface area contributed by atoms with Gasteiger partial charge in [-0.3, -0.25) is 0 Å². The predicted octanol–water partition coefficient (Wildman–Crippen LogP) is 1.41. The first-order valence-corrected chi connectivity index (χ1v) is 5.18. The van der Waals surface area contributed by atoms with Crippen LogP contribution in [0.25, 0.3) is 0 Å². The van der Waals surface area contributed by atoms with Crippen molar-refractivity contribution in [3.8, 4) is 0 Å². The lowest BCUT2D eigenvalue weighted by molar-refractivity contribution is 0.397. The predicted molar refractivity (Wildman–Crippen MR) is 48.3 cm³/mol. The largest absolute Gasteiger partial charge is 0.349 e. The molecule has 0 aliphatic carbocycles. The number of hydrogen-bond acceptors (Lipinski definition) is 3.